The zero-order chi connectivity index (χ0) is 29.2. The van der Waals surface area contributed by atoms with Gasteiger partial charge in [-0.3, -0.25) is 4.79 Å². The molecule has 0 saturated carbocycles. The molecule has 0 atom stereocenters. The fourth-order valence-electron chi connectivity index (χ4n) is 3.59. The molecule has 0 spiro atoms. The molecule has 4 aromatic carbocycles. The van der Waals surface area contributed by atoms with E-state index in [9.17, 15) is 9.59 Å². The van der Waals surface area contributed by atoms with Gasteiger partial charge in [0.25, 0.3) is 5.91 Å². The van der Waals surface area contributed by atoms with Crippen LogP contribution in [0.1, 0.15) is 38.8 Å². The Bertz CT molecular complexity index is 1540. The van der Waals surface area contributed by atoms with Crippen molar-refractivity contribution in [1.82, 2.24) is 5.43 Å². The summed E-state index contributed by atoms with van der Waals surface area (Å²) in [6.07, 6.45) is 1.45. The summed E-state index contributed by atoms with van der Waals surface area (Å²) in [4.78, 5) is 25.1. The van der Waals surface area contributed by atoms with E-state index in [2.05, 4.69) is 10.5 Å². The molecule has 0 aliphatic heterocycles. The van der Waals surface area contributed by atoms with Gasteiger partial charge >= 0.3 is 5.97 Å². The molecule has 10 heteroatoms. The van der Waals surface area contributed by atoms with Crippen molar-refractivity contribution in [3.8, 4) is 23.0 Å². The van der Waals surface area contributed by atoms with Gasteiger partial charge in [0.1, 0.15) is 18.1 Å². The molecule has 4 rings (SSSR count). The highest BCUT2D eigenvalue weighted by molar-refractivity contribution is 6.35. The Kier molecular flexibility index (Phi) is 10.2. The van der Waals surface area contributed by atoms with E-state index in [1.807, 2.05) is 6.92 Å². The number of methoxy groups -OCH3 is 1. The molecule has 0 bridgehead atoms. The highest BCUT2D eigenvalue weighted by Crippen LogP contribution is 2.29. The lowest BCUT2D eigenvalue weighted by Gasteiger charge is -2.10. The van der Waals surface area contributed by atoms with Crippen LogP contribution >= 0.6 is 23.2 Å². The first-order chi connectivity index (χ1) is 19.9. The molecule has 0 aromatic heterocycles. The summed E-state index contributed by atoms with van der Waals surface area (Å²) in [5.41, 5.74) is 4.66. The molecule has 1 amide bonds. The van der Waals surface area contributed by atoms with E-state index in [4.69, 9.17) is 42.1 Å². The molecule has 0 aliphatic rings. The Labute approximate surface area is 247 Å². The molecule has 0 saturated heterocycles. The smallest absolute Gasteiger partial charge is 0.343 e. The number of benzene rings is 4. The lowest BCUT2D eigenvalue weighted by atomic mass is 10.2. The number of carbonyl (C=O) groups is 2. The van der Waals surface area contributed by atoms with Gasteiger partial charge in [-0.1, -0.05) is 29.3 Å². The summed E-state index contributed by atoms with van der Waals surface area (Å²) in [6, 6.07) is 23.4. The molecular weight excluding hydrogens is 567 g/mol. The number of carbonyl (C=O) groups excluding carboxylic acids is 2. The first-order valence-electron chi connectivity index (χ1n) is 12.5. The molecule has 8 nitrogen and oxygen atoms in total. The summed E-state index contributed by atoms with van der Waals surface area (Å²) in [5, 5.41) is 5.08. The van der Waals surface area contributed by atoms with Crippen molar-refractivity contribution in [3.63, 3.8) is 0 Å². The predicted octanol–water partition coefficient (Wildman–Crippen LogP) is 6.96. The molecule has 0 unspecified atom stereocenters. The van der Waals surface area contributed by atoms with Crippen LogP contribution in [0, 0.1) is 0 Å². The quantitative estimate of drug-likeness (QED) is 0.0875. The fourth-order valence-corrected chi connectivity index (χ4v) is 4.06. The zero-order valence-electron chi connectivity index (χ0n) is 22.2. The minimum Gasteiger partial charge on any atom is -0.494 e. The van der Waals surface area contributed by atoms with Crippen molar-refractivity contribution in [2.75, 3.05) is 13.7 Å². The monoisotopic (exact) mass is 592 g/mol. The van der Waals surface area contributed by atoms with Gasteiger partial charge in [-0.2, -0.15) is 5.10 Å². The van der Waals surface area contributed by atoms with Gasteiger partial charge in [-0.15, -0.1) is 0 Å². The van der Waals surface area contributed by atoms with Crippen LogP contribution in [-0.2, 0) is 6.61 Å². The Hall–Kier alpha value is -4.53. The summed E-state index contributed by atoms with van der Waals surface area (Å²) >= 11 is 12.1. The van der Waals surface area contributed by atoms with Gasteiger partial charge in [-0.05, 0) is 91.3 Å². The minimum absolute atomic E-state index is 0.244. The van der Waals surface area contributed by atoms with Crippen LogP contribution in [0.5, 0.6) is 23.0 Å². The average molecular weight is 593 g/mol. The summed E-state index contributed by atoms with van der Waals surface area (Å²) < 4.78 is 22.0. The van der Waals surface area contributed by atoms with Crippen LogP contribution in [-0.4, -0.2) is 31.8 Å². The number of halogens is 2. The van der Waals surface area contributed by atoms with Crippen LogP contribution in [0.15, 0.2) is 90.0 Å². The molecule has 1 N–H and O–H groups in total. The van der Waals surface area contributed by atoms with E-state index >= 15 is 0 Å². The maximum atomic E-state index is 12.6. The van der Waals surface area contributed by atoms with Crippen molar-refractivity contribution >= 4 is 41.3 Å². The van der Waals surface area contributed by atoms with E-state index in [1.165, 1.54) is 13.3 Å². The van der Waals surface area contributed by atoms with Crippen LogP contribution in [0.4, 0.5) is 0 Å². The lowest BCUT2D eigenvalue weighted by Crippen LogP contribution is -2.17. The maximum Gasteiger partial charge on any atom is 0.343 e. The number of amides is 1. The minimum atomic E-state index is -0.537. The Balaban J connectivity index is 1.31. The van der Waals surface area contributed by atoms with Gasteiger partial charge in [0, 0.05) is 21.2 Å². The van der Waals surface area contributed by atoms with E-state index in [0.29, 0.717) is 50.6 Å². The van der Waals surface area contributed by atoms with Crippen molar-refractivity contribution in [1.29, 1.82) is 0 Å². The number of hydrogen-bond donors (Lipinski definition) is 1. The van der Waals surface area contributed by atoms with Gasteiger partial charge in [0.15, 0.2) is 11.5 Å². The van der Waals surface area contributed by atoms with Crippen molar-refractivity contribution in [3.05, 3.63) is 117 Å². The van der Waals surface area contributed by atoms with E-state index < -0.39 is 11.9 Å². The van der Waals surface area contributed by atoms with Crippen LogP contribution in [0.25, 0.3) is 0 Å². The van der Waals surface area contributed by atoms with E-state index in [1.54, 1.807) is 84.9 Å². The predicted molar refractivity (Wildman–Crippen MR) is 158 cm³/mol. The van der Waals surface area contributed by atoms with Gasteiger partial charge in [0.05, 0.1) is 25.5 Å². The lowest BCUT2D eigenvalue weighted by molar-refractivity contribution is 0.0729. The highest BCUT2D eigenvalue weighted by Gasteiger charge is 2.13. The van der Waals surface area contributed by atoms with Gasteiger partial charge < -0.3 is 18.9 Å². The fraction of sp³-hybridized carbons (Fsp3) is 0.129. The molecule has 41 heavy (non-hydrogen) atoms. The number of nitrogens with zero attached hydrogens (tertiary/aromatic N) is 1. The Morgan fingerprint density at radius 2 is 1.51 bits per heavy atom. The molecule has 210 valence electrons. The number of esters is 1. The third-order valence-electron chi connectivity index (χ3n) is 5.70. The van der Waals surface area contributed by atoms with E-state index in [-0.39, 0.29) is 12.4 Å². The van der Waals surface area contributed by atoms with Crippen LogP contribution < -0.4 is 24.4 Å². The second-order valence-corrected chi connectivity index (χ2v) is 9.35. The topological polar surface area (TPSA) is 95.5 Å². The maximum absolute atomic E-state index is 12.6. The molecular formula is C31H26Cl2N2O6. The normalized spacial score (nSPS) is 10.7. The number of hydrogen-bond acceptors (Lipinski definition) is 7. The first-order valence-corrected chi connectivity index (χ1v) is 13.2. The third kappa shape index (κ3) is 8.23. The molecule has 0 aliphatic carbocycles. The van der Waals surface area contributed by atoms with E-state index in [0.717, 1.165) is 5.56 Å². The zero-order valence-corrected chi connectivity index (χ0v) is 23.7. The average Bonchev–Trinajstić information content (AvgIpc) is 2.98. The summed E-state index contributed by atoms with van der Waals surface area (Å²) in [7, 11) is 1.46. The van der Waals surface area contributed by atoms with Crippen LogP contribution in [0.2, 0.25) is 10.0 Å². The number of hydrazone groups is 1. The highest BCUT2D eigenvalue weighted by atomic mass is 35.5. The number of ether oxygens (including phenoxy) is 4. The first kappa shape index (κ1) is 29.5. The summed E-state index contributed by atoms with van der Waals surface area (Å²) in [6.45, 7) is 2.68. The molecule has 4 aromatic rings. The second-order valence-electron chi connectivity index (χ2n) is 8.51. The Morgan fingerprint density at radius 1 is 0.829 bits per heavy atom. The molecule has 0 heterocycles. The largest absolute Gasteiger partial charge is 0.494 e. The summed E-state index contributed by atoms with van der Waals surface area (Å²) in [5.74, 6) is 0.876. The van der Waals surface area contributed by atoms with Crippen molar-refractivity contribution in [2.24, 2.45) is 5.10 Å². The standard InChI is InChI=1S/C31H26Cl2N2O6/c1-3-39-25-13-8-22(9-14-25)31(37)41-28-15-4-20(16-29(28)38-2)18-34-35-30(36)21-6-11-26(12-7-21)40-19-23-5-10-24(32)17-27(23)33/h4-18H,3,19H2,1-2H3,(H,35,36)/b34-18-. The van der Waals surface area contributed by atoms with Crippen molar-refractivity contribution < 1.29 is 28.5 Å². The molecule has 0 radical (unpaired) electrons. The Morgan fingerprint density at radius 3 is 2.17 bits per heavy atom. The van der Waals surface area contributed by atoms with Gasteiger partial charge in [-0.25, -0.2) is 10.2 Å². The molecule has 0 fully saturated rings. The van der Waals surface area contributed by atoms with Gasteiger partial charge in [0.2, 0.25) is 0 Å². The number of rotatable bonds is 11. The number of nitrogens with one attached hydrogen (secondary N) is 1. The SMILES string of the molecule is CCOc1ccc(C(=O)Oc2ccc(/C=N\NC(=O)c3ccc(OCc4ccc(Cl)cc4Cl)cc3)cc2OC)cc1. The second kappa shape index (κ2) is 14.2. The third-order valence-corrected chi connectivity index (χ3v) is 6.28. The van der Waals surface area contributed by atoms with Crippen molar-refractivity contribution in [2.45, 2.75) is 13.5 Å². The van der Waals surface area contributed by atoms with Crippen LogP contribution in [0.3, 0.4) is 0 Å².